The van der Waals surface area contributed by atoms with Crippen LogP contribution in [0.15, 0.2) is 35.2 Å². The highest BCUT2D eigenvalue weighted by atomic mass is 32.2. The van der Waals surface area contributed by atoms with Gasteiger partial charge in [0.25, 0.3) is 0 Å². The van der Waals surface area contributed by atoms with Gasteiger partial charge in [-0.15, -0.1) is 11.8 Å². The lowest BCUT2D eigenvalue weighted by Crippen LogP contribution is -2.40. The summed E-state index contributed by atoms with van der Waals surface area (Å²) in [5.41, 5.74) is 0. The minimum Gasteiger partial charge on any atom is -0.300 e. The van der Waals surface area contributed by atoms with E-state index in [-0.39, 0.29) is 0 Å². The lowest BCUT2D eigenvalue weighted by Gasteiger charge is -2.36. The van der Waals surface area contributed by atoms with Crippen molar-refractivity contribution in [1.82, 2.24) is 4.90 Å². The minimum absolute atomic E-state index is 0.844. The number of hydrogen-bond acceptors (Lipinski definition) is 2. The third kappa shape index (κ3) is 2.01. The summed E-state index contributed by atoms with van der Waals surface area (Å²) in [4.78, 5) is 4.05. The van der Waals surface area contributed by atoms with Crippen LogP contribution in [-0.2, 0) is 0 Å². The van der Waals surface area contributed by atoms with Gasteiger partial charge in [0.15, 0.2) is 0 Å². The van der Waals surface area contributed by atoms with Crippen molar-refractivity contribution in [3.8, 4) is 0 Å². The van der Waals surface area contributed by atoms with Gasteiger partial charge in [-0.2, -0.15) is 0 Å². The van der Waals surface area contributed by atoms with E-state index in [1.807, 2.05) is 0 Å². The second kappa shape index (κ2) is 4.42. The van der Waals surface area contributed by atoms with E-state index >= 15 is 0 Å². The summed E-state index contributed by atoms with van der Waals surface area (Å²) in [6.45, 7) is 0. The second-order valence-electron chi connectivity index (χ2n) is 5.07. The summed E-state index contributed by atoms with van der Waals surface area (Å²) in [6, 6.07) is 12.6. The lowest BCUT2D eigenvalue weighted by molar-refractivity contribution is 0.183. The highest BCUT2D eigenvalue weighted by Gasteiger charge is 2.38. The molecule has 0 saturated carbocycles. The third-order valence-corrected chi connectivity index (χ3v) is 5.36. The zero-order valence-corrected chi connectivity index (χ0v) is 10.6. The Bertz CT molecular complexity index is 337. The smallest absolute Gasteiger partial charge is 0.0124 e. The van der Waals surface area contributed by atoms with Gasteiger partial charge in [-0.1, -0.05) is 18.2 Å². The van der Waals surface area contributed by atoms with Crippen LogP contribution in [-0.4, -0.2) is 29.3 Å². The molecule has 2 aliphatic rings. The molecular formula is C14H19NS. The molecule has 2 aliphatic heterocycles. The first-order valence-corrected chi connectivity index (χ1v) is 7.14. The second-order valence-corrected chi connectivity index (χ2v) is 6.45. The van der Waals surface area contributed by atoms with E-state index in [0.717, 1.165) is 17.3 Å². The normalized spacial score (nSPS) is 34.2. The van der Waals surface area contributed by atoms with E-state index in [4.69, 9.17) is 0 Å². The average molecular weight is 233 g/mol. The van der Waals surface area contributed by atoms with E-state index in [0.29, 0.717) is 0 Å². The molecule has 2 unspecified atom stereocenters. The van der Waals surface area contributed by atoms with Gasteiger partial charge in [-0.3, -0.25) is 0 Å². The van der Waals surface area contributed by atoms with Gasteiger partial charge in [0.2, 0.25) is 0 Å². The van der Waals surface area contributed by atoms with E-state index in [2.05, 4.69) is 54.0 Å². The van der Waals surface area contributed by atoms with Crippen molar-refractivity contribution in [3.05, 3.63) is 30.3 Å². The Balaban J connectivity index is 1.66. The van der Waals surface area contributed by atoms with Gasteiger partial charge >= 0.3 is 0 Å². The number of fused-ring (bicyclic) bond motifs is 2. The van der Waals surface area contributed by atoms with Crippen LogP contribution in [0.1, 0.15) is 25.7 Å². The number of hydrogen-bond donors (Lipinski definition) is 0. The minimum atomic E-state index is 0.844. The summed E-state index contributed by atoms with van der Waals surface area (Å²) < 4.78 is 0. The Morgan fingerprint density at radius 1 is 1.06 bits per heavy atom. The quantitative estimate of drug-likeness (QED) is 0.770. The van der Waals surface area contributed by atoms with Crippen molar-refractivity contribution in [3.63, 3.8) is 0 Å². The van der Waals surface area contributed by atoms with Crippen molar-refractivity contribution < 1.29 is 0 Å². The SMILES string of the molecule is CN1C2CCC1CC(Sc1ccccc1)C2. The Kier molecular flexibility index (Phi) is 2.95. The fourth-order valence-corrected chi connectivity index (χ4v) is 4.49. The highest BCUT2D eigenvalue weighted by Crippen LogP contribution is 2.41. The Hall–Kier alpha value is -0.470. The Morgan fingerprint density at radius 3 is 2.31 bits per heavy atom. The molecule has 3 rings (SSSR count). The van der Waals surface area contributed by atoms with Crippen LogP contribution in [0.3, 0.4) is 0 Å². The molecule has 2 heteroatoms. The van der Waals surface area contributed by atoms with Crippen LogP contribution in [0, 0.1) is 0 Å². The molecule has 1 aromatic rings. The highest BCUT2D eigenvalue weighted by molar-refractivity contribution is 8.00. The van der Waals surface area contributed by atoms with Crippen molar-refractivity contribution in [2.75, 3.05) is 7.05 Å². The molecule has 1 aromatic carbocycles. The maximum atomic E-state index is 2.61. The number of thioether (sulfide) groups is 1. The fraction of sp³-hybridized carbons (Fsp3) is 0.571. The Labute approximate surface area is 102 Å². The maximum Gasteiger partial charge on any atom is 0.0124 e. The van der Waals surface area contributed by atoms with Crippen LogP contribution in [0.25, 0.3) is 0 Å². The van der Waals surface area contributed by atoms with Gasteiger partial charge in [-0.05, 0) is 44.9 Å². The predicted octanol–water partition coefficient (Wildman–Crippen LogP) is 3.40. The van der Waals surface area contributed by atoms with Gasteiger partial charge in [0, 0.05) is 22.2 Å². The topological polar surface area (TPSA) is 3.24 Å². The zero-order valence-electron chi connectivity index (χ0n) is 9.80. The van der Waals surface area contributed by atoms with Crippen LogP contribution < -0.4 is 0 Å². The number of piperidine rings is 1. The first kappa shape index (κ1) is 10.7. The van der Waals surface area contributed by atoms with Crippen molar-refractivity contribution >= 4 is 11.8 Å². The summed E-state index contributed by atoms with van der Waals surface area (Å²) in [5, 5.41) is 0.844. The van der Waals surface area contributed by atoms with Crippen LogP contribution in [0.4, 0.5) is 0 Å². The van der Waals surface area contributed by atoms with E-state index in [1.54, 1.807) is 0 Å². The molecule has 0 radical (unpaired) electrons. The van der Waals surface area contributed by atoms with Crippen LogP contribution in [0.5, 0.6) is 0 Å². The van der Waals surface area contributed by atoms with Crippen LogP contribution in [0.2, 0.25) is 0 Å². The molecule has 0 aromatic heterocycles. The number of benzene rings is 1. The molecule has 2 saturated heterocycles. The van der Waals surface area contributed by atoms with Crippen LogP contribution >= 0.6 is 11.8 Å². The molecule has 86 valence electrons. The number of rotatable bonds is 2. The average Bonchev–Trinajstić information content (AvgIpc) is 2.54. The molecule has 0 N–H and O–H groups in total. The molecule has 0 amide bonds. The molecular weight excluding hydrogens is 214 g/mol. The molecule has 0 aliphatic carbocycles. The molecule has 2 heterocycles. The molecule has 1 nitrogen and oxygen atoms in total. The zero-order chi connectivity index (χ0) is 11.0. The van der Waals surface area contributed by atoms with E-state index in [1.165, 1.54) is 30.6 Å². The van der Waals surface area contributed by atoms with Crippen molar-refractivity contribution in [2.24, 2.45) is 0 Å². The van der Waals surface area contributed by atoms with E-state index in [9.17, 15) is 0 Å². The standard InChI is InChI=1S/C14H19NS/c1-15-11-7-8-12(15)10-14(9-11)16-13-5-3-2-4-6-13/h2-6,11-12,14H,7-10H2,1H3. The molecule has 0 spiro atoms. The summed E-state index contributed by atoms with van der Waals surface area (Å²) >= 11 is 2.09. The fourth-order valence-electron chi connectivity index (χ4n) is 3.15. The monoisotopic (exact) mass is 233 g/mol. The summed E-state index contributed by atoms with van der Waals surface area (Å²) in [7, 11) is 2.31. The van der Waals surface area contributed by atoms with Crippen molar-refractivity contribution in [1.29, 1.82) is 0 Å². The maximum absolute atomic E-state index is 2.61. The van der Waals surface area contributed by atoms with E-state index < -0.39 is 0 Å². The first-order chi connectivity index (χ1) is 7.83. The molecule has 16 heavy (non-hydrogen) atoms. The first-order valence-electron chi connectivity index (χ1n) is 6.26. The summed E-state index contributed by atoms with van der Waals surface area (Å²) in [6.07, 6.45) is 5.61. The number of nitrogens with zero attached hydrogens (tertiary/aromatic N) is 1. The van der Waals surface area contributed by atoms with Gasteiger partial charge in [0.05, 0.1) is 0 Å². The lowest BCUT2D eigenvalue weighted by atomic mass is 10.0. The molecule has 2 fully saturated rings. The molecule has 2 atom stereocenters. The third-order valence-electron chi connectivity index (χ3n) is 4.10. The summed E-state index contributed by atoms with van der Waals surface area (Å²) in [5.74, 6) is 0. The van der Waals surface area contributed by atoms with Crippen molar-refractivity contribution in [2.45, 2.75) is 47.9 Å². The Morgan fingerprint density at radius 2 is 1.69 bits per heavy atom. The van der Waals surface area contributed by atoms with Gasteiger partial charge in [-0.25, -0.2) is 0 Å². The predicted molar refractivity (Wildman–Crippen MR) is 69.9 cm³/mol. The van der Waals surface area contributed by atoms with Gasteiger partial charge < -0.3 is 4.90 Å². The van der Waals surface area contributed by atoms with Gasteiger partial charge in [0.1, 0.15) is 0 Å². The molecule has 2 bridgehead atoms. The largest absolute Gasteiger partial charge is 0.300 e.